The molecule has 0 N–H and O–H groups in total. The summed E-state index contributed by atoms with van der Waals surface area (Å²) >= 11 is 0. The first-order valence-corrected chi connectivity index (χ1v) is 7.67. The van der Waals surface area contributed by atoms with Crippen molar-refractivity contribution in [3.8, 4) is 0 Å². The summed E-state index contributed by atoms with van der Waals surface area (Å²) in [5, 5.41) is 0. The van der Waals surface area contributed by atoms with Crippen LogP contribution in [0.5, 0.6) is 0 Å². The first-order valence-electron chi connectivity index (χ1n) is 7.67. The molecule has 2 nitrogen and oxygen atoms in total. The van der Waals surface area contributed by atoms with Gasteiger partial charge in [-0.1, -0.05) is 60.7 Å². The first-order chi connectivity index (χ1) is 10.8. The zero-order chi connectivity index (χ0) is 15.2. The fourth-order valence-electron chi connectivity index (χ4n) is 2.37. The summed E-state index contributed by atoms with van der Waals surface area (Å²) in [6, 6.07) is 21.1. The molecule has 0 amide bonds. The maximum atomic E-state index is 6.12. The monoisotopic (exact) mass is 286 g/mol. The Labute approximate surface area is 133 Å². The van der Waals surface area contributed by atoms with Crippen LogP contribution in [-0.4, -0.2) is 17.4 Å². The van der Waals surface area contributed by atoms with Crippen molar-refractivity contribution in [1.29, 1.82) is 0 Å². The molecule has 2 aromatic carbocycles. The highest BCUT2D eigenvalue weighted by Crippen LogP contribution is 2.33. The molecule has 3 heteroatoms. The molecule has 0 unspecified atom stereocenters. The maximum Gasteiger partial charge on any atom is 0.0948 e. The second-order valence-electron chi connectivity index (χ2n) is 5.54. The third-order valence-corrected chi connectivity index (χ3v) is 3.81. The number of benzene rings is 2. The molecule has 0 atom stereocenters. The Morgan fingerprint density at radius 3 is 1.86 bits per heavy atom. The van der Waals surface area contributed by atoms with Crippen molar-refractivity contribution in [2.45, 2.75) is 24.7 Å². The molecular weight excluding hydrogens is 267 g/mol. The quantitative estimate of drug-likeness (QED) is 0.661. The summed E-state index contributed by atoms with van der Waals surface area (Å²) in [6.45, 7) is 0. The van der Waals surface area contributed by atoms with E-state index < -0.39 is 0 Å². The van der Waals surface area contributed by atoms with E-state index in [1.165, 1.54) is 12.8 Å². The molecule has 1 aromatic heterocycles. The highest BCUT2D eigenvalue weighted by atomic mass is 15.1. The van der Waals surface area contributed by atoms with Gasteiger partial charge in [0.05, 0.1) is 14.2 Å². The smallest absolute Gasteiger partial charge is 0.0948 e. The largest absolute Gasteiger partial charge is 0.334 e. The summed E-state index contributed by atoms with van der Waals surface area (Å²) < 4.78 is 2.17. The molecule has 22 heavy (non-hydrogen) atoms. The molecule has 1 aliphatic rings. The van der Waals surface area contributed by atoms with Crippen LogP contribution >= 0.6 is 0 Å². The van der Waals surface area contributed by atoms with Gasteiger partial charge in [-0.05, 0) is 29.8 Å². The fraction of sp³-hybridized carbons (Fsp3) is 0.211. The van der Waals surface area contributed by atoms with Gasteiger partial charge in [-0.2, -0.15) is 0 Å². The van der Waals surface area contributed by atoms with Gasteiger partial charge < -0.3 is 4.57 Å². The molecule has 3 aromatic rings. The van der Waals surface area contributed by atoms with Crippen LogP contribution in [0.15, 0.2) is 79.4 Å². The van der Waals surface area contributed by atoms with Crippen molar-refractivity contribution in [1.82, 2.24) is 9.55 Å². The zero-order valence-electron chi connectivity index (χ0n) is 12.5. The Kier molecular flexibility index (Phi) is 4.74. The SMILES string of the molecule is [B]C(c1ccccc1)c1ccccc1.c1cn(C2CC2)cn1. The number of rotatable bonds is 3. The Balaban J connectivity index is 0.000000151. The second kappa shape index (κ2) is 7.12. The fourth-order valence-corrected chi connectivity index (χ4v) is 2.37. The summed E-state index contributed by atoms with van der Waals surface area (Å²) in [5.41, 5.74) is 2.30. The van der Waals surface area contributed by atoms with Gasteiger partial charge in [0.2, 0.25) is 0 Å². The lowest BCUT2D eigenvalue weighted by atomic mass is 9.76. The van der Waals surface area contributed by atoms with E-state index in [0.29, 0.717) is 0 Å². The molecule has 0 spiro atoms. The first kappa shape index (κ1) is 14.6. The molecule has 0 bridgehead atoms. The predicted molar refractivity (Wildman–Crippen MR) is 91.0 cm³/mol. The van der Waals surface area contributed by atoms with E-state index in [1.54, 1.807) is 0 Å². The van der Waals surface area contributed by atoms with Crippen LogP contribution in [0.25, 0.3) is 0 Å². The molecule has 0 saturated heterocycles. The van der Waals surface area contributed by atoms with Crippen molar-refractivity contribution in [2.75, 3.05) is 0 Å². The summed E-state index contributed by atoms with van der Waals surface area (Å²) in [7, 11) is 6.12. The lowest BCUT2D eigenvalue weighted by molar-refractivity contribution is 0.740. The minimum atomic E-state index is -0.0163. The van der Waals surface area contributed by atoms with Gasteiger partial charge in [0.15, 0.2) is 0 Å². The van der Waals surface area contributed by atoms with Crippen LogP contribution < -0.4 is 0 Å². The van der Waals surface area contributed by atoms with Crippen LogP contribution in [0.4, 0.5) is 0 Å². The zero-order valence-corrected chi connectivity index (χ0v) is 12.5. The minimum Gasteiger partial charge on any atom is -0.334 e. The summed E-state index contributed by atoms with van der Waals surface area (Å²) in [4.78, 5) is 3.95. The lowest BCUT2D eigenvalue weighted by Crippen LogP contribution is -1.99. The van der Waals surface area contributed by atoms with Gasteiger partial charge in [0, 0.05) is 18.4 Å². The molecule has 1 aliphatic carbocycles. The van der Waals surface area contributed by atoms with E-state index in [0.717, 1.165) is 17.2 Å². The van der Waals surface area contributed by atoms with Gasteiger partial charge in [-0.25, -0.2) is 4.98 Å². The van der Waals surface area contributed by atoms with Crippen molar-refractivity contribution in [3.05, 3.63) is 90.5 Å². The maximum absolute atomic E-state index is 6.12. The van der Waals surface area contributed by atoms with Gasteiger partial charge >= 0.3 is 0 Å². The third-order valence-electron chi connectivity index (χ3n) is 3.81. The van der Waals surface area contributed by atoms with E-state index in [2.05, 4.69) is 33.8 Å². The standard InChI is InChI=1S/C13H11B.C6H8N2/c14-13(11-7-3-1-4-8-11)12-9-5-2-6-10-12;1-2-6(1)8-4-3-7-5-8/h1-10,13H;3-6H,1-2H2. The van der Waals surface area contributed by atoms with E-state index in [-0.39, 0.29) is 5.82 Å². The molecule has 1 fully saturated rings. The molecule has 1 heterocycles. The minimum absolute atomic E-state index is 0.0163. The molecule has 2 radical (unpaired) electrons. The predicted octanol–water partition coefficient (Wildman–Crippen LogP) is 4.16. The number of imidazole rings is 1. The molecular formula is C19H19BN2. The normalized spacial score (nSPS) is 13.5. The second-order valence-corrected chi connectivity index (χ2v) is 5.54. The van der Waals surface area contributed by atoms with Crippen LogP contribution in [0, 0.1) is 0 Å². The highest BCUT2D eigenvalue weighted by molar-refractivity contribution is 6.14. The van der Waals surface area contributed by atoms with Crippen LogP contribution in [-0.2, 0) is 0 Å². The van der Waals surface area contributed by atoms with Crippen LogP contribution in [0.3, 0.4) is 0 Å². The Hall–Kier alpha value is -2.29. The van der Waals surface area contributed by atoms with E-state index in [4.69, 9.17) is 7.85 Å². The average Bonchev–Trinajstić information content (AvgIpc) is 3.31. The number of nitrogens with zero attached hydrogens (tertiary/aromatic N) is 2. The molecule has 0 aliphatic heterocycles. The van der Waals surface area contributed by atoms with Crippen molar-refractivity contribution in [2.24, 2.45) is 0 Å². The third kappa shape index (κ3) is 3.88. The van der Waals surface area contributed by atoms with Crippen molar-refractivity contribution >= 4 is 7.85 Å². The number of hydrogen-bond acceptors (Lipinski definition) is 1. The van der Waals surface area contributed by atoms with E-state index >= 15 is 0 Å². The van der Waals surface area contributed by atoms with Gasteiger partial charge in [-0.15, -0.1) is 0 Å². The van der Waals surface area contributed by atoms with Crippen molar-refractivity contribution in [3.63, 3.8) is 0 Å². The Bertz CT molecular complexity index is 622. The topological polar surface area (TPSA) is 17.8 Å². The summed E-state index contributed by atoms with van der Waals surface area (Å²) in [6.07, 6.45) is 8.43. The van der Waals surface area contributed by atoms with Crippen LogP contribution in [0.1, 0.15) is 35.8 Å². The number of aromatic nitrogens is 2. The number of hydrogen-bond donors (Lipinski definition) is 0. The van der Waals surface area contributed by atoms with Crippen LogP contribution in [0.2, 0.25) is 0 Å². The van der Waals surface area contributed by atoms with E-state index in [1.807, 2.05) is 55.1 Å². The van der Waals surface area contributed by atoms with E-state index in [9.17, 15) is 0 Å². The molecule has 108 valence electrons. The van der Waals surface area contributed by atoms with Gasteiger partial charge in [0.1, 0.15) is 0 Å². The van der Waals surface area contributed by atoms with Gasteiger partial charge in [0.25, 0.3) is 0 Å². The molecule has 4 rings (SSSR count). The van der Waals surface area contributed by atoms with Crippen molar-refractivity contribution < 1.29 is 0 Å². The highest BCUT2D eigenvalue weighted by Gasteiger charge is 2.21. The van der Waals surface area contributed by atoms with Gasteiger partial charge in [-0.3, -0.25) is 0 Å². The molecule has 1 saturated carbocycles. The lowest BCUT2D eigenvalue weighted by Gasteiger charge is -2.12. The Morgan fingerprint density at radius 2 is 1.45 bits per heavy atom. The summed E-state index contributed by atoms with van der Waals surface area (Å²) in [5.74, 6) is -0.0163. The Morgan fingerprint density at radius 1 is 0.909 bits per heavy atom. The average molecular weight is 286 g/mol.